The molecule has 0 fully saturated rings. The monoisotopic (exact) mass is 255 g/mol. The quantitative estimate of drug-likeness (QED) is 0.717. The van der Waals surface area contributed by atoms with E-state index in [2.05, 4.69) is 36.5 Å². The number of rotatable bonds is 5. The molecule has 0 saturated carbocycles. The zero-order valence-corrected chi connectivity index (χ0v) is 11.3. The fourth-order valence-electron chi connectivity index (χ4n) is 2.07. The third-order valence-corrected chi connectivity index (χ3v) is 3.36. The molecule has 0 spiro atoms. The van der Waals surface area contributed by atoms with E-state index in [9.17, 15) is 0 Å². The molecule has 5 N–H and O–H groups in total. The van der Waals surface area contributed by atoms with Gasteiger partial charge in [0.05, 0.1) is 11.4 Å². The normalized spacial score (nSPS) is 12.1. The molecule has 2 rings (SSSR count). The molecule has 2 aromatic rings. The molecule has 0 aliphatic carbocycles. The van der Waals surface area contributed by atoms with E-state index in [4.69, 9.17) is 11.5 Å². The molecular formula is C16H21N3. The van der Waals surface area contributed by atoms with Crippen molar-refractivity contribution in [3.05, 3.63) is 54.1 Å². The van der Waals surface area contributed by atoms with Gasteiger partial charge in [-0.15, -0.1) is 0 Å². The summed E-state index contributed by atoms with van der Waals surface area (Å²) in [4.78, 5) is 0. The largest absolute Gasteiger partial charge is 0.397 e. The average Bonchev–Trinajstić information content (AvgIpc) is 2.43. The van der Waals surface area contributed by atoms with Gasteiger partial charge in [-0.2, -0.15) is 0 Å². The molecule has 19 heavy (non-hydrogen) atoms. The van der Waals surface area contributed by atoms with Gasteiger partial charge in [0.15, 0.2) is 0 Å². The van der Waals surface area contributed by atoms with E-state index in [0.717, 1.165) is 18.7 Å². The van der Waals surface area contributed by atoms with Crippen molar-refractivity contribution in [3.63, 3.8) is 0 Å². The molecule has 0 aliphatic heterocycles. The van der Waals surface area contributed by atoms with Crippen LogP contribution in [-0.2, 0) is 0 Å². The Morgan fingerprint density at radius 3 is 2.42 bits per heavy atom. The number of nitrogen functional groups attached to an aromatic ring is 2. The minimum absolute atomic E-state index is 0.542. The number of nitrogens with one attached hydrogen (secondary N) is 1. The van der Waals surface area contributed by atoms with Gasteiger partial charge in [0, 0.05) is 12.2 Å². The summed E-state index contributed by atoms with van der Waals surface area (Å²) in [5, 5.41) is 3.38. The van der Waals surface area contributed by atoms with Crippen LogP contribution in [0.3, 0.4) is 0 Å². The van der Waals surface area contributed by atoms with Gasteiger partial charge >= 0.3 is 0 Å². The predicted octanol–water partition coefficient (Wildman–Crippen LogP) is 3.46. The average molecular weight is 255 g/mol. The van der Waals surface area contributed by atoms with Crippen molar-refractivity contribution in [2.75, 3.05) is 23.3 Å². The maximum absolute atomic E-state index is 5.78. The lowest BCUT2D eigenvalue weighted by atomic mass is 9.98. The first-order valence-corrected chi connectivity index (χ1v) is 6.60. The third kappa shape index (κ3) is 3.65. The highest BCUT2D eigenvalue weighted by molar-refractivity contribution is 5.69. The number of hydrogen-bond donors (Lipinski definition) is 3. The Kier molecular flexibility index (Phi) is 4.29. The van der Waals surface area contributed by atoms with E-state index >= 15 is 0 Å². The van der Waals surface area contributed by atoms with Crippen LogP contribution in [0.1, 0.15) is 24.8 Å². The van der Waals surface area contributed by atoms with Gasteiger partial charge in [0.2, 0.25) is 0 Å². The molecule has 0 aromatic heterocycles. The summed E-state index contributed by atoms with van der Waals surface area (Å²) in [5.74, 6) is 0.542. The summed E-state index contributed by atoms with van der Waals surface area (Å²) in [7, 11) is 0. The number of hydrogen-bond acceptors (Lipinski definition) is 3. The molecule has 3 nitrogen and oxygen atoms in total. The summed E-state index contributed by atoms with van der Waals surface area (Å²) < 4.78 is 0. The highest BCUT2D eigenvalue weighted by Crippen LogP contribution is 2.21. The zero-order chi connectivity index (χ0) is 13.7. The van der Waals surface area contributed by atoms with E-state index in [1.807, 2.05) is 24.3 Å². The van der Waals surface area contributed by atoms with Crippen molar-refractivity contribution in [1.82, 2.24) is 0 Å². The third-order valence-electron chi connectivity index (χ3n) is 3.36. The van der Waals surface area contributed by atoms with Crippen LogP contribution in [0.25, 0.3) is 0 Å². The van der Waals surface area contributed by atoms with Crippen molar-refractivity contribution in [1.29, 1.82) is 0 Å². The van der Waals surface area contributed by atoms with Gasteiger partial charge in [-0.05, 0) is 36.1 Å². The van der Waals surface area contributed by atoms with Crippen molar-refractivity contribution in [2.45, 2.75) is 19.3 Å². The maximum Gasteiger partial charge on any atom is 0.0568 e. The van der Waals surface area contributed by atoms with Gasteiger partial charge in [0.25, 0.3) is 0 Å². The fourth-order valence-corrected chi connectivity index (χ4v) is 2.07. The summed E-state index contributed by atoms with van der Waals surface area (Å²) in [6.45, 7) is 3.16. The second-order valence-corrected chi connectivity index (χ2v) is 4.87. The van der Waals surface area contributed by atoms with Gasteiger partial charge in [-0.3, -0.25) is 0 Å². The smallest absolute Gasteiger partial charge is 0.0568 e. The van der Waals surface area contributed by atoms with Crippen LogP contribution in [0.5, 0.6) is 0 Å². The summed E-state index contributed by atoms with van der Waals surface area (Å²) >= 11 is 0. The van der Waals surface area contributed by atoms with Crippen LogP contribution in [0.4, 0.5) is 17.1 Å². The first-order valence-electron chi connectivity index (χ1n) is 6.60. The van der Waals surface area contributed by atoms with E-state index in [-0.39, 0.29) is 0 Å². The Morgan fingerprint density at radius 2 is 1.74 bits per heavy atom. The summed E-state index contributed by atoms with van der Waals surface area (Å²) in [6, 6.07) is 16.2. The minimum Gasteiger partial charge on any atom is -0.397 e. The van der Waals surface area contributed by atoms with Crippen LogP contribution in [-0.4, -0.2) is 6.54 Å². The van der Waals surface area contributed by atoms with Crippen LogP contribution >= 0.6 is 0 Å². The number of benzene rings is 2. The Morgan fingerprint density at radius 1 is 1.00 bits per heavy atom. The van der Waals surface area contributed by atoms with Crippen LogP contribution in [0, 0.1) is 0 Å². The standard InChI is InChI=1S/C16H21N3/c1-12(13-5-3-2-4-6-13)9-10-19-14-7-8-15(17)16(18)11-14/h2-8,11-12,19H,9-10,17-18H2,1H3. The van der Waals surface area contributed by atoms with E-state index in [1.54, 1.807) is 0 Å². The highest BCUT2D eigenvalue weighted by atomic mass is 14.9. The van der Waals surface area contributed by atoms with Crippen molar-refractivity contribution in [2.24, 2.45) is 0 Å². The maximum atomic E-state index is 5.78. The molecule has 100 valence electrons. The van der Waals surface area contributed by atoms with Gasteiger partial charge in [-0.25, -0.2) is 0 Å². The molecule has 1 atom stereocenters. The predicted molar refractivity (Wildman–Crippen MR) is 83.2 cm³/mol. The van der Waals surface area contributed by atoms with Crippen LogP contribution in [0.15, 0.2) is 48.5 Å². The van der Waals surface area contributed by atoms with Crippen molar-refractivity contribution >= 4 is 17.1 Å². The van der Waals surface area contributed by atoms with E-state index < -0.39 is 0 Å². The molecule has 0 saturated heterocycles. The van der Waals surface area contributed by atoms with E-state index in [0.29, 0.717) is 17.3 Å². The molecule has 0 aliphatic rings. The minimum atomic E-state index is 0.542. The number of anilines is 3. The zero-order valence-electron chi connectivity index (χ0n) is 11.3. The Balaban J connectivity index is 1.85. The van der Waals surface area contributed by atoms with Crippen LogP contribution in [0.2, 0.25) is 0 Å². The molecule has 0 amide bonds. The van der Waals surface area contributed by atoms with Crippen molar-refractivity contribution in [3.8, 4) is 0 Å². The molecule has 2 aromatic carbocycles. The molecular weight excluding hydrogens is 234 g/mol. The lowest BCUT2D eigenvalue weighted by Gasteiger charge is -2.13. The Hall–Kier alpha value is -2.16. The fraction of sp³-hybridized carbons (Fsp3) is 0.250. The summed E-state index contributed by atoms with van der Waals surface area (Å²) in [5.41, 5.74) is 15.1. The molecule has 3 heteroatoms. The first-order chi connectivity index (χ1) is 9.16. The lowest BCUT2D eigenvalue weighted by Crippen LogP contribution is -2.06. The Bertz CT molecular complexity index is 523. The molecule has 0 radical (unpaired) electrons. The van der Waals surface area contributed by atoms with Gasteiger partial charge in [-0.1, -0.05) is 37.3 Å². The SMILES string of the molecule is CC(CCNc1ccc(N)c(N)c1)c1ccccc1. The van der Waals surface area contributed by atoms with Crippen molar-refractivity contribution < 1.29 is 0 Å². The Labute approximate surface area is 114 Å². The highest BCUT2D eigenvalue weighted by Gasteiger charge is 2.04. The lowest BCUT2D eigenvalue weighted by molar-refractivity contribution is 0.706. The topological polar surface area (TPSA) is 64.1 Å². The molecule has 0 heterocycles. The first kappa shape index (κ1) is 13.3. The van der Waals surface area contributed by atoms with Crippen LogP contribution < -0.4 is 16.8 Å². The number of nitrogens with two attached hydrogens (primary N) is 2. The second-order valence-electron chi connectivity index (χ2n) is 4.87. The van der Waals surface area contributed by atoms with Gasteiger partial charge in [0.1, 0.15) is 0 Å². The molecule has 0 bridgehead atoms. The molecule has 1 unspecified atom stereocenters. The second kappa shape index (κ2) is 6.14. The van der Waals surface area contributed by atoms with E-state index in [1.165, 1.54) is 5.56 Å². The summed E-state index contributed by atoms with van der Waals surface area (Å²) in [6.07, 6.45) is 1.08. The van der Waals surface area contributed by atoms with Gasteiger partial charge < -0.3 is 16.8 Å².